The third kappa shape index (κ3) is 3.25. The SMILES string of the molecule is O=c1c2ccccc2nc2n1CC/C2=C\[NH+]1CCN(c2ccc([N+](=O)[O-])cc2)CC1. The van der Waals surface area contributed by atoms with Gasteiger partial charge in [-0.25, -0.2) is 4.98 Å². The molecule has 1 fully saturated rings. The first-order chi connectivity index (χ1) is 14.6. The molecule has 3 aromatic rings. The highest BCUT2D eigenvalue weighted by Gasteiger charge is 2.25. The minimum Gasteiger partial charge on any atom is -0.360 e. The molecule has 0 radical (unpaired) electrons. The Hall–Kier alpha value is -3.52. The number of nitro benzene ring substituents is 1. The number of anilines is 1. The number of aromatic nitrogens is 2. The summed E-state index contributed by atoms with van der Waals surface area (Å²) >= 11 is 0. The van der Waals surface area contributed by atoms with Crippen molar-refractivity contribution in [3.05, 3.63) is 81.0 Å². The first kappa shape index (κ1) is 18.5. The Morgan fingerprint density at radius 2 is 1.77 bits per heavy atom. The first-order valence-electron chi connectivity index (χ1n) is 10.1. The third-order valence-corrected chi connectivity index (χ3v) is 5.96. The van der Waals surface area contributed by atoms with Crippen LogP contribution in [0, 0.1) is 10.1 Å². The fourth-order valence-corrected chi connectivity index (χ4v) is 4.33. The number of benzene rings is 2. The molecule has 1 aromatic heterocycles. The number of quaternary nitrogens is 1. The quantitative estimate of drug-likeness (QED) is 0.528. The molecule has 0 aliphatic carbocycles. The van der Waals surface area contributed by atoms with Crippen LogP contribution in [-0.4, -0.2) is 40.7 Å². The van der Waals surface area contributed by atoms with E-state index in [1.165, 1.54) is 4.90 Å². The first-order valence-corrected chi connectivity index (χ1v) is 10.1. The lowest BCUT2D eigenvalue weighted by Crippen LogP contribution is -3.10. The van der Waals surface area contributed by atoms with E-state index in [0.717, 1.165) is 55.2 Å². The molecule has 152 valence electrons. The number of non-ortho nitro benzene ring substituents is 1. The second kappa shape index (κ2) is 7.38. The van der Waals surface area contributed by atoms with E-state index in [-0.39, 0.29) is 16.2 Å². The summed E-state index contributed by atoms with van der Waals surface area (Å²) in [6.45, 7) is 4.28. The Morgan fingerprint density at radius 1 is 1.03 bits per heavy atom. The highest BCUT2D eigenvalue weighted by atomic mass is 16.6. The molecule has 0 spiro atoms. The molecule has 30 heavy (non-hydrogen) atoms. The van der Waals surface area contributed by atoms with Gasteiger partial charge in [-0.05, 0) is 30.7 Å². The molecule has 0 amide bonds. The molecule has 1 N–H and O–H groups in total. The number of hydrogen-bond donors (Lipinski definition) is 1. The van der Waals surface area contributed by atoms with E-state index in [1.807, 2.05) is 36.4 Å². The molecular formula is C22H22N5O3+. The second-order valence-corrected chi connectivity index (χ2v) is 7.75. The van der Waals surface area contributed by atoms with Crippen LogP contribution in [0.15, 0.2) is 59.5 Å². The number of nitrogens with one attached hydrogen (secondary N) is 1. The standard InChI is InChI=1S/C22H21N5O3/c28-22-19-3-1-2-4-20(19)23-21-16(9-10-26(21)22)15-24-11-13-25(14-12-24)17-5-7-18(8-6-17)27(29)30/h1-8,15H,9-14H2/p+1/b16-15+. The molecule has 5 rings (SSSR count). The largest absolute Gasteiger partial charge is 0.360 e. The van der Waals surface area contributed by atoms with E-state index >= 15 is 0 Å². The van der Waals surface area contributed by atoms with Crippen LogP contribution in [0.2, 0.25) is 0 Å². The van der Waals surface area contributed by atoms with Crippen LogP contribution in [0.25, 0.3) is 16.5 Å². The van der Waals surface area contributed by atoms with Crippen LogP contribution >= 0.6 is 0 Å². The van der Waals surface area contributed by atoms with E-state index < -0.39 is 0 Å². The number of hydrogen-bond acceptors (Lipinski definition) is 5. The summed E-state index contributed by atoms with van der Waals surface area (Å²) < 4.78 is 1.79. The Bertz CT molecular complexity index is 1210. The lowest BCUT2D eigenvalue weighted by molar-refractivity contribution is -0.847. The van der Waals surface area contributed by atoms with Crippen LogP contribution < -0.4 is 15.4 Å². The zero-order valence-electron chi connectivity index (χ0n) is 16.5. The molecule has 0 bridgehead atoms. The van der Waals surface area contributed by atoms with Gasteiger partial charge in [0.15, 0.2) is 0 Å². The number of nitrogens with zero attached hydrogens (tertiary/aromatic N) is 4. The molecular weight excluding hydrogens is 382 g/mol. The van der Waals surface area contributed by atoms with Gasteiger partial charge in [0.2, 0.25) is 0 Å². The van der Waals surface area contributed by atoms with Crippen LogP contribution in [0.1, 0.15) is 12.2 Å². The summed E-state index contributed by atoms with van der Waals surface area (Å²) in [5, 5.41) is 11.5. The van der Waals surface area contributed by atoms with Gasteiger partial charge in [-0.15, -0.1) is 0 Å². The number of nitro groups is 1. The fourth-order valence-electron chi connectivity index (χ4n) is 4.33. The van der Waals surface area contributed by atoms with Crippen LogP contribution in [0.4, 0.5) is 11.4 Å². The number of piperazine rings is 1. The van der Waals surface area contributed by atoms with Gasteiger partial charge in [0.05, 0.1) is 42.0 Å². The highest BCUT2D eigenvalue weighted by Crippen LogP contribution is 2.24. The van der Waals surface area contributed by atoms with Gasteiger partial charge in [0.1, 0.15) is 12.0 Å². The number of fused-ring (bicyclic) bond motifs is 2. The summed E-state index contributed by atoms with van der Waals surface area (Å²) in [5.41, 5.74) is 3.05. The normalized spacial score (nSPS) is 18.1. The van der Waals surface area contributed by atoms with E-state index in [4.69, 9.17) is 4.98 Å². The average Bonchev–Trinajstić information content (AvgIpc) is 3.17. The molecule has 8 nitrogen and oxygen atoms in total. The van der Waals surface area contributed by atoms with E-state index in [9.17, 15) is 14.9 Å². The van der Waals surface area contributed by atoms with Gasteiger partial charge in [0.25, 0.3) is 11.2 Å². The van der Waals surface area contributed by atoms with Gasteiger partial charge in [0, 0.05) is 29.9 Å². The predicted octanol–water partition coefficient (Wildman–Crippen LogP) is 1.45. The Morgan fingerprint density at radius 3 is 2.50 bits per heavy atom. The van der Waals surface area contributed by atoms with Crippen molar-refractivity contribution >= 4 is 27.9 Å². The van der Waals surface area contributed by atoms with Gasteiger partial charge in [-0.1, -0.05) is 12.1 Å². The third-order valence-electron chi connectivity index (χ3n) is 5.96. The van der Waals surface area contributed by atoms with Crippen molar-refractivity contribution in [3.8, 4) is 0 Å². The van der Waals surface area contributed by atoms with Gasteiger partial charge < -0.3 is 9.80 Å². The van der Waals surface area contributed by atoms with Crippen LogP contribution in [0.3, 0.4) is 0 Å². The molecule has 0 saturated carbocycles. The van der Waals surface area contributed by atoms with Gasteiger partial charge in [-0.3, -0.25) is 19.5 Å². The summed E-state index contributed by atoms with van der Waals surface area (Å²) in [4.78, 5) is 31.6. The molecule has 3 heterocycles. The van der Waals surface area contributed by atoms with E-state index in [0.29, 0.717) is 11.9 Å². The predicted molar refractivity (Wildman–Crippen MR) is 115 cm³/mol. The second-order valence-electron chi connectivity index (χ2n) is 7.75. The van der Waals surface area contributed by atoms with Crippen molar-refractivity contribution < 1.29 is 9.82 Å². The molecule has 0 unspecified atom stereocenters. The maximum Gasteiger partial charge on any atom is 0.269 e. The monoisotopic (exact) mass is 404 g/mol. The maximum atomic E-state index is 12.8. The summed E-state index contributed by atoms with van der Waals surface area (Å²) in [6, 6.07) is 14.3. The fraction of sp³-hybridized carbons (Fsp3) is 0.273. The van der Waals surface area contributed by atoms with Gasteiger partial charge in [-0.2, -0.15) is 0 Å². The van der Waals surface area contributed by atoms with Crippen molar-refractivity contribution in [1.82, 2.24) is 9.55 Å². The zero-order chi connectivity index (χ0) is 20.7. The summed E-state index contributed by atoms with van der Waals surface area (Å²) in [6.07, 6.45) is 3.06. The zero-order valence-corrected chi connectivity index (χ0v) is 16.5. The maximum absolute atomic E-state index is 12.8. The molecule has 8 heteroatoms. The van der Waals surface area contributed by atoms with Crippen LogP contribution in [-0.2, 0) is 6.54 Å². The van der Waals surface area contributed by atoms with Crippen molar-refractivity contribution in [2.24, 2.45) is 0 Å². The Labute approximate surface area is 172 Å². The topological polar surface area (TPSA) is 85.7 Å². The minimum atomic E-state index is -0.375. The van der Waals surface area contributed by atoms with Crippen molar-refractivity contribution in [1.29, 1.82) is 0 Å². The van der Waals surface area contributed by atoms with E-state index in [1.54, 1.807) is 16.7 Å². The van der Waals surface area contributed by atoms with Crippen molar-refractivity contribution in [2.45, 2.75) is 13.0 Å². The summed E-state index contributed by atoms with van der Waals surface area (Å²) in [7, 11) is 0. The molecule has 2 aromatic carbocycles. The average molecular weight is 404 g/mol. The molecule has 2 aliphatic rings. The highest BCUT2D eigenvalue weighted by molar-refractivity contribution is 5.79. The number of allylic oxidation sites excluding steroid dienone is 1. The van der Waals surface area contributed by atoms with Crippen LogP contribution in [0.5, 0.6) is 0 Å². The van der Waals surface area contributed by atoms with Crippen molar-refractivity contribution in [3.63, 3.8) is 0 Å². The molecule has 2 aliphatic heterocycles. The number of para-hydroxylation sites is 1. The Balaban J connectivity index is 1.33. The molecule has 1 saturated heterocycles. The van der Waals surface area contributed by atoms with E-state index in [2.05, 4.69) is 11.1 Å². The lowest BCUT2D eigenvalue weighted by Gasteiger charge is -2.32. The minimum absolute atomic E-state index is 0.0389. The molecule has 0 atom stereocenters. The lowest BCUT2D eigenvalue weighted by atomic mass is 10.2. The summed E-state index contributed by atoms with van der Waals surface area (Å²) in [5.74, 6) is 0.795. The van der Waals surface area contributed by atoms with Crippen molar-refractivity contribution in [2.75, 3.05) is 31.1 Å². The van der Waals surface area contributed by atoms with Gasteiger partial charge >= 0.3 is 0 Å². The number of rotatable bonds is 3. The Kier molecular flexibility index (Phi) is 4.55. The smallest absolute Gasteiger partial charge is 0.269 e.